The summed E-state index contributed by atoms with van der Waals surface area (Å²) >= 11 is 0.564. The monoisotopic (exact) mass is 490 g/mol. The van der Waals surface area contributed by atoms with Gasteiger partial charge in [0.2, 0.25) is 5.69 Å². The number of fused-ring (bicyclic) bond motifs is 1. The van der Waals surface area contributed by atoms with Gasteiger partial charge in [0.1, 0.15) is 21.6 Å². The van der Waals surface area contributed by atoms with Crippen molar-refractivity contribution < 1.29 is 27.7 Å². The average molecular weight is 490 g/mol. The Labute approximate surface area is 191 Å². The largest absolute Gasteiger partial charge is 0.433 e. The molecule has 2 amide bonds. The fraction of sp³-hybridized carbons (Fsp3) is 0.100. The lowest BCUT2D eigenvalue weighted by Gasteiger charge is -2.12. The fourth-order valence-electron chi connectivity index (χ4n) is 3.26. The molecule has 0 fully saturated rings. The van der Waals surface area contributed by atoms with Crippen LogP contribution >= 0.6 is 11.3 Å². The van der Waals surface area contributed by atoms with E-state index in [1.54, 1.807) is 31.2 Å². The number of H-pyrrole nitrogens is 1. The molecule has 0 atom stereocenters. The van der Waals surface area contributed by atoms with E-state index in [2.05, 4.69) is 20.5 Å². The zero-order valence-electron chi connectivity index (χ0n) is 17.1. The molecule has 4 aromatic rings. The van der Waals surface area contributed by atoms with Crippen LogP contribution in [0.25, 0.3) is 21.3 Å². The Balaban J connectivity index is 1.98. The van der Waals surface area contributed by atoms with Crippen molar-refractivity contribution in [3.63, 3.8) is 0 Å². The molecule has 0 aliphatic heterocycles. The van der Waals surface area contributed by atoms with Gasteiger partial charge in [0, 0.05) is 5.39 Å². The number of pyridine rings is 1. The summed E-state index contributed by atoms with van der Waals surface area (Å²) in [6.45, 7) is 1.80. The molecule has 4 rings (SSSR count). The van der Waals surface area contributed by atoms with E-state index in [1.165, 1.54) is 0 Å². The highest BCUT2D eigenvalue weighted by Gasteiger charge is 2.35. The van der Waals surface area contributed by atoms with Crippen molar-refractivity contribution in [2.45, 2.75) is 13.1 Å². The summed E-state index contributed by atoms with van der Waals surface area (Å²) in [7, 11) is 0. The van der Waals surface area contributed by atoms with Crippen molar-refractivity contribution in [1.82, 2.24) is 15.2 Å². The molecule has 34 heavy (non-hydrogen) atoms. The third kappa shape index (κ3) is 4.05. The number of anilines is 1. The first-order chi connectivity index (χ1) is 16.0. The van der Waals surface area contributed by atoms with Gasteiger partial charge >= 0.3 is 11.9 Å². The number of aryl methyl sites for hydroxylation is 1. The molecule has 174 valence electrons. The van der Waals surface area contributed by atoms with E-state index >= 15 is 0 Å². The van der Waals surface area contributed by atoms with Gasteiger partial charge in [-0.3, -0.25) is 24.8 Å². The number of alkyl halides is 3. The topological polar surface area (TPSA) is 157 Å². The van der Waals surface area contributed by atoms with E-state index in [4.69, 9.17) is 5.73 Å². The Morgan fingerprint density at radius 3 is 2.50 bits per heavy atom. The molecule has 0 radical (unpaired) electrons. The summed E-state index contributed by atoms with van der Waals surface area (Å²) < 4.78 is 40.7. The highest BCUT2D eigenvalue weighted by atomic mass is 32.1. The predicted molar refractivity (Wildman–Crippen MR) is 117 cm³/mol. The molecule has 0 aliphatic carbocycles. The lowest BCUT2D eigenvalue weighted by Crippen LogP contribution is -2.18. The minimum Gasteiger partial charge on any atom is -0.365 e. The maximum absolute atomic E-state index is 13.6. The van der Waals surface area contributed by atoms with Crippen molar-refractivity contribution in [3.8, 4) is 11.1 Å². The molecule has 0 saturated carbocycles. The summed E-state index contributed by atoms with van der Waals surface area (Å²) in [5.41, 5.74) is 4.12. The summed E-state index contributed by atoms with van der Waals surface area (Å²) in [5, 5.41) is 19.2. The van der Waals surface area contributed by atoms with E-state index in [0.717, 1.165) is 17.8 Å². The standard InChI is InChI=1S/C20H13F3N6O4S/c1-8-2-4-9(5-3-8)10-6-12(20(21,22)23)26-19-13(10)15(16(34-19)17(24)30)27-18(31)14-11(29(32)33)7-25-28-14/h2-7H,1H3,(H2,24,30)(H,25,28)(H,27,31). The van der Waals surface area contributed by atoms with Gasteiger partial charge in [-0.05, 0) is 24.1 Å². The zero-order chi connectivity index (χ0) is 24.8. The summed E-state index contributed by atoms with van der Waals surface area (Å²) in [6.07, 6.45) is -3.96. The van der Waals surface area contributed by atoms with Gasteiger partial charge < -0.3 is 11.1 Å². The van der Waals surface area contributed by atoms with E-state index in [1.807, 2.05) is 0 Å². The quantitative estimate of drug-likeness (QED) is 0.280. The van der Waals surface area contributed by atoms with Gasteiger partial charge in [-0.15, -0.1) is 11.3 Å². The molecule has 10 nitrogen and oxygen atoms in total. The Morgan fingerprint density at radius 1 is 1.24 bits per heavy atom. The summed E-state index contributed by atoms with van der Waals surface area (Å²) in [6, 6.07) is 7.33. The molecule has 3 heterocycles. The van der Waals surface area contributed by atoms with Crippen LogP contribution in [0.15, 0.2) is 36.5 Å². The van der Waals surface area contributed by atoms with Crippen LogP contribution in [0.4, 0.5) is 24.5 Å². The highest BCUT2D eigenvalue weighted by Crippen LogP contribution is 2.43. The van der Waals surface area contributed by atoms with Crippen molar-refractivity contribution in [2.75, 3.05) is 5.32 Å². The Morgan fingerprint density at radius 2 is 1.91 bits per heavy atom. The molecule has 3 aromatic heterocycles. The number of amides is 2. The molecule has 0 aliphatic rings. The number of nitrogens with one attached hydrogen (secondary N) is 2. The number of carbonyl (C=O) groups is 2. The third-order valence-electron chi connectivity index (χ3n) is 4.82. The first kappa shape index (κ1) is 22.8. The minimum absolute atomic E-state index is 0.0335. The van der Waals surface area contributed by atoms with E-state index in [-0.39, 0.29) is 26.3 Å². The van der Waals surface area contributed by atoms with Crippen LogP contribution in [0.3, 0.4) is 0 Å². The number of nitrogens with two attached hydrogens (primary N) is 1. The number of primary amides is 1. The number of nitro groups is 1. The second-order valence-electron chi connectivity index (χ2n) is 7.11. The van der Waals surface area contributed by atoms with Crippen LogP contribution < -0.4 is 11.1 Å². The molecular formula is C20H13F3N6O4S. The van der Waals surface area contributed by atoms with Gasteiger partial charge in [-0.1, -0.05) is 29.8 Å². The van der Waals surface area contributed by atoms with Gasteiger partial charge in [-0.2, -0.15) is 18.3 Å². The number of halogens is 3. The van der Waals surface area contributed by atoms with Gasteiger partial charge in [0.25, 0.3) is 11.8 Å². The Hall–Kier alpha value is -4.33. The Kier molecular flexibility index (Phi) is 5.53. The van der Waals surface area contributed by atoms with Crippen LogP contribution in [-0.2, 0) is 6.18 Å². The van der Waals surface area contributed by atoms with Crippen LogP contribution in [0.5, 0.6) is 0 Å². The van der Waals surface area contributed by atoms with Crippen LogP contribution in [0, 0.1) is 17.0 Å². The van der Waals surface area contributed by atoms with E-state index < -0.39 is 40.0 Å². The molecule has 0 unspecified atom stereocenters. The fourth-order valence-corrected chi connectivity index (χ4v) is 4.27. The van der Waals surface area contributed by atoms with Crippen LogP contribution in [0.1, 0.15) is 31.4 Å². The SMILES string of the molecule is Cc1ccc(-c2cc(C(F)(F)F)nc3sc(C(N)=O)c(NC(=O)c4[nH]ncc4[N+](=O)[O-])c23)cc1. The molecule has 14 heteroatoms. The average Bonchev–Trinajstić information content (AvgIpc) is 3.39. The normalized spacial score (nSPS) is 11.5. The number of thiophene rings is 1. The number of hydrogen-bond donors (Lipinski definition) is 3. The smallest absolute Gasteiger partial charge is 0.365 e. The molecule has 0 bridgehead atoms. The number of benzene rings is 1. The Bertz CT molecular complexity index is 1460. The second-order valence-corrected chi connectivity index (χ2v) is 8.11. The van der Waals surface area contributed by atoms with Gasteiger partial charge in [0.15, 0.2) is 0 Å². The number of hydrogen-bond acceptors (Lipinski definition) is 7. The number of rotatable bonds is 5. The number of carbonyl (C=O) groups excluding carboxylic acids is 2. The zero-order valence-corrected chi connectivity index (χ0v) is 17.9. The third-order valence-corrected chi connectivity index (χ3v) is 5.92. The summed E-state index contributed by atoms with van der Waals surface area (Å²) in [4.78, 5) is 38.4. The maximum Gasteiger partial charge on any atom is 0.433 e. The molecule has 0 saturated heterocycles. The lowest BCUT2D eigenvalue weighted by atomic mass is 10.00. The van der Waals surface area contributed by atoms with Crippen molar-refractivity contribution in [1.29, 1.82) is 0 Å². The first-order valence-corrected chi connectivity index (χ1v) is 10.2. The maximum atomic E-state index is 13.6. The molecular weight excluding hydrogens is 477 g/mol. The van der Waals surface area contributed by atoms with Crippen molar-refractivity contribution in [3.05, 3.63) is 68.5 Å². The summed E-state index contributed by atoms with van der Waals surface area (Å²) in [5.74, 6) is -2.07. The van der Waals surface area contributed by atoms with Gasteiger partial charge in [-0.25, -0.2) is 4.98 Å². The van der Waals surface area contributed by atoms with E-state index in [9.17, 15) is 32.9 Å². The molecule has 0 spiro atoms. The van der Waals surface area contributed by atoms with E-state index in [0.29, 0.717) is 16.9 Å². The number of aromatic amines is 1. The predicted octanol–water partition coefficient (Wildman–Crippen LogP) is 4.27. The molecule has 1 aromatic carbocycles. The number of aromatic nitrogens is 3. The highest BCUT2D eigenvalue weighted by molar-refractivity contribution is 7.21. The minimum atomic E-state index is -4.79. The van der Waals surface area contributed by atoms with Gasteiger partial charge in [0.05, 0.1) is 10.6 Å². The van der Waals surface area contributed by atoms with Crippen LogP contribution in [-0.4, -0.2) is 31.9 Å². The lowest BCUT2D eigenvalue weighted by molar-refractivity contribution is -0.385. The first-order valence-electron chi connectivity index (χ1n) is 9.38. The second kappa shape index (κ2) is 8.22. The van der Waals surface area contributed by atoms with Crippen molar-refractivity contribution >= 4 is 44.7 Å². The van der Waals surface area contributed by atoms with Crippen LogP contribution in [0.2, 0.25) is 0 Å². The molecule has 4 N–H and O–H groups in total. The van der Waals surface area contributed by atoms with Crippen molar-refractivity contribution in [2.24, 2.45) is 5.73 Å². The number of nitrogens with zero attached hydrogens (tertiary/aromatic N) is 3.